The van der Waals surface area contributed by atoms with Crippen molar-refractivity contribution in [3.8, 4) is 5.75 Å². The van der Waals surface area contributed by atoms with Crippen molar-refractivity contribution in [3.05, 3.63) is 24.3 Å². The van der Waals surface area contributed by atoms with E-state index in [1.54, 1.807) is 0 Å². The molecule has 0 amide bonds. The monoisotopic (exact) mass is 247 g/mol. The fourth-order valence-corrected chi connectivity index (χ4v) is 1.40. The van der Waals surface area contributed by atoms with Crippen LogP contribution in [0.5, 0.6) is 5.75 Å². The van der Waals surface area contributed by atoms with E-state index in [9.17, 15) is 4.79 Å². The van der Waals surface area contributed by atoms with Gasteiger partial charge in [-0.1, -0.05) is 17.6 Å². The predicted octanol–water partition coefficient (Wildman–Crippen LogP) is 0.877. The summed E-state index contributed by atoms with van der Waals surface area (Å²) in [5.74, 6) is 0.557. The molecule has 0 unspecified atom stereocenters. The highest BCUT2D eigenvalue weighted by Crippen LogP contribution is 2.31. The lowest BCUT2D eigenvalue weighted by atomic mass is 9.89. The summed E-state index contributed by atoms with van der Waals surface area (Å²) in [5.41, 5.74) is 6.24. The van der Waals surface area contributed by atoms with Gasteiger partial charge in [-0.15, -0.1) is 0 Å². The summed E-state index contributed by atoms with van der Waals surface area (Å²) in [5, 5.41) is 0. The van der Waals surface area contributed by atoms with Crippen molar-refractivity contribution in [1.29, 1.82) is 0 Å². The molecule has 1 fully saturated rings. The van der Waals surface area contributed by atoms with Gasteiger partial charge in [0.05, 0.1) is 7.11 Å². The van der Waals surface area contributed by atoms with E-state index in [1.807, 2.05) is 24.3 Å². The van der Waals surface area contributed by atoms with Gasteiger partial charge in [0.25, 0.3) is 0 Å². The molecule has 0 aromatic heterocycles. The summed E-state index contributed by atoms with van der Waals surface area (Å²) in [6, 6.07) is 7.33. The quantitative estimate of drug-likeness (QED) is 0.478. The summed E-state index contributed by atoms with van der Waals surface area (Å²) in [6.45, 7) is 1.36. The van der Waals surface area contributed by atoms with Crippen molar-refractivity contribution in [2.75, 3.05) is 7.11 Å². The molecule has 4 nitrogen and oxygen atoms in total. The number of hydrogen-bond acceptors (Lipinski definition) is 4. The lowest BCUT2D eigenvalue weighted by Crippen LogP contribution is -2.51. The van der Waals surface area contributed by atoms with E-state index in [0.29, 0.717) is 0 Å². The first kappa shape index (κ1) is 14.6. The Hall–Kier alpha value is -1.49. The van der Waals surface area contributed by atoms with Gasteiger partial charge in [-0.3, -0.25) is 10.5 Å². The molecule has 96 valence electrons. The molecule has 0 spiro atoms. The van der Waals surface area contributed by atoms with Crippen molar-refractivity contribution in [2.24, 2.45) is 5.73 Å². The van der Waals surface area contributed by atoms with Crippen molar-refractivity contribution in [3.63, 3.8) is 0 Å². The Labute approximate surface area is 109 Å². The molecule has 1 saturated carbocycles. The van der Waals surface area contributed by atoms with Gasteiger partial charge in [0, 0.05) is 19.8 Å². The first-order chi connectivity index (χ1) is 8.45. The molecule has 1 aromatic rings. The van der Waals surface area contributed by atoms with Crippen LogP contribution in [0.4, 0.5) is 0 Å². The highest BCUT2D eigenvalue weighted by Gasteiger charge is 2.34. The van der Waals surface area contributed by atoms with Gasteiger partial charge < -0.3 is 9.47 Å². The van der Waals surface area contributed by atoms with Crippen LogP contribution in [0, 0.1) is 0 Å². The molecule has 0 saturated heterocycles. The number of esters is 1. The van der Waals surface area contributed by atoms with Gasteiger partial charge in [-0.25, -0.2) is 0 Å². The summed E-state index contributed by atoms with van der Waals surface area (Å²) in [4.78, 5) is 9.59. The number of ether oxygens (including phenoxy) is 2. The van der Waals surface area contributed by atoms with Gasteiger partial charge in [-0.05, 0) is 18.6 Å². The normalized spacial score (nSPS) is 15.7. The molecule has 18 heavy (non-hydrogen) atoms. The van der Waals surface area contributed by atoms with Crippen LogP contribution in [-0.4, -0.2) is 26.7 Å². The Morgan fingerprint density at radius 3 is 2.17 bits per heavy atom. The van der Waals surface area contributed by atoms with Crippen LogP contribution in [0.3, 0.4) is 0 Å². The van der Waals surface area contributed by atoms with Crippen molar-refractivity contribution in [1.82, 2.24) is 0 Å². The number of methoxy groups -OCH3 is 1. The van der Waals surface area contributed by atoms with Crippen LogP contribution in [0.1, 0.15) is 26.2 Å². The van der Waals surface area contributed by atoms with Crippen molar-refractivity contribution in [2.45, 2.75) is 31.9 Å². The number of carbonyl (C=O) groups is 1. The SMILES string of the molecule is COC(C)=O.[B]c1ccc(OC2(N)CCC2)cc1. The van der Waals surface area contributed by atoms with Gasteiger partial charge >= 0.3 is 5.97 Å². The number of rotatable bonds is 2. The summed E-state index contributed by atoms with van der Waals surface area (Å²) in [6.07, 6.45) is 3.04. The second kappa shape index (κ2) is 6.45. The lowest BCUT2D eigenvalue weighted by Gasteiger charge is -2.38. The fraction of sp³-hybridized carbons (Fsp3) is 0.462. The third-order valence-corrected chi connectivity index (χ3v) is 2.69. The summed E-state index contributed by atoms with van der Waals surface area (Å²) in [7, 11) is 6.90. The zero-order valence-electron chi connectivity index (χ0n) is 10.8. The molecular formula is C13H18BNO3. The zero-order valence-corrected chi connectivity index (χ0v) is 10.8. The molecule has 2 rings (SSSR count). The molecule has 2 N–H and O–H groups in total. The Morgan fingerprint density at radius 1 is 1.33 bits per heavy atom. The maximum absolute atomic E-state index is 9.59. The van der Waals surface area contributed by atoms with Gasteiger partial charge in [0.2, 0.25) is 0 Å². The molecule has 5 heteroatoms. The second-order valence-corrected chi connectivity index (χ2v) is 4.29. The molecule has 0 heterocycles. The molecule has 1 aliphatic rings. The van der Waals surface area contributed by atoms with Gasteiger partial charge in [0.1, 0.15) is 13.6 Å². The molecule has 1 aromatic carbocycles. The van der Waals surface area contributed by atoms with E-state index < -0.39 is 5.72 Å². The minimum absolute atomic E-state index is 0.245. The Bertz CT molecular complexity index is 388. The number of benzene rings is 1. The molecule has 0 atom stereocenters. The van der Waals surface area contributed by atoms with Gasteiger partial charge in [0.15, 0.2) is 5.72 Å². The average Bonchev–Trinajstić information content (AvgIpc) is 2.31. The maximum atomic E-state index is 9.59. The molecular weight excluding hydrogens is 229 g/mol. The van der Waals surface area contributed by atoms with Gasteiger partial charge in [-0.2, -0.15) is 0 Å². The van der Waals surface area contributed by atoms with Crippen LogP contribution in [0.15, 0.2) is 24.3 Å². The van der Waals surface area contributed by atoms with E-state index in [0.717, 1.165) is 30.5 Å². The smallest absolute Gasteiger partial charge is 0.302 e. The fourth-order valence-electron chi connectivity index (χ4n) is 1.40. The highest BCUT2D eigenvalue weighted by molar-refractivity contribution is 6.32. The van der Waals surface area contributed by atoms with E-state index in [-0.39, 0.29) is 5.97 Å². The third-order valence-electron chi connectivity index (χ3n) is 2.69. The van der Waals surface area contributed by atoms with Crippen LogP contribution in [-0.2, 0) is 9.53 Å². The first-order valence-electron chi connectivity index (χ1n) is 5.83. The number of carbonyl (C=O) groups excluding carboxylic acids is 1. The summed E-state index contributed by atoms with van der Waals surface area (Å²) < 4.78 is 9.73. The minimum Gasteiger partial charge on any atom is -0.473 e. The number of hydrogen-bond donors (Lipinski definition) is 1. The van der Waals surface area contributed by atoms with E-state index in [1.165, 1.54) is 14.0 Å². The number of nitrogens with two attached hydrogens (primary N) is 1. The Morgan fingerprint density at radius 2 is 1.83 bits per heavy atom. The molecule has 1 aliphatic carbocycles. The van der Waals surface area contributed by atoms with E-state index >= 15 is 0 Å². The van der Waals surface area contributed by atoms with Crippen LogP contribution < -0.4 is 15.9 Å². The predicted molar refractivity (Wildman–Crippen MR) is 70.9 cm³/mol. The maximum Gasteiger partial charge on any atom is 0.302 e. The molecule has 0 aliphatic heterocycles. The van der Waals surface area contributed by atoms with Crippen LogP contribution in [0.2, 0.25) is 0 Å². The second-order valence-electron chi connectivity index (χ2n) is 4.29. The Balaban J connectivity index is 0.000000280. The molecule has 0 bridgehead atoms. The Kier molecular flexibility index (Phi) is 5.22. The zero-order chi connectivity index (χ0) is 13.6. The third kappa shape index (κ3) is 4.79. The average molecular weight is 247 g/mol. The van der Waals surface area contributed by atoms with E-state index in [4.69, 9.17) is 18.3 Å². The minimum atomic E-state index is -0.421. The lowest BCUT2D eigenvalue weighted by molar-refractivity contribution is -0.137. The van der Waals surface area contributed by atoms with Crippen LogP contribution in [0.25, 0.3) is 0 Å². The summed E-state index contributed by atoms with van der Waals surface area (Å²) >= 11 is 0. The highest BCUT2D eigenvalue weighted by atomic mass is 16.5. The van der Waals surface area contributed by atoms with Crippen molar-refractivity contribution >= 4 is 19.3 Å². The molecule has 2 radical (unpaired) electrons. The standard InChI is InChI=1S/C10H12BNO.C3H6O2/c11-8-2-4-9(5-3-8)13-10(12)6-1-7-10;1-3(4)5-2/h2-5H,1,6-7,12H2;1-2H3. The first-order valence-corrected chi connectivity index (χ1v) is 5.83. The van der Waals surface area contributed by atoms with Crippen molar-refractivity contribution < 1.29 is 14.3 Å². The van der Waals surface area contributed by atoms with Crippen LogP contribution >= 0.6 is 0 Å². The van der Waals surface area contributed by atoms with E-state index in [2.05, 4.69) is 4.74 Å². The topological polar surface area (TPSA) is 61.5 Å². The largest absolute Gasteiger partial charge is 0.473 e.